The van der Waals surface area contributed by atoms with Crippen LogP contribution in [0.5, 0.6) is 0 Å². The van der Waals surface area contributed by atoms with Crippen molar-refractivity contribution in [2.24, 2.45) is 0 Å². The summed E-state index contributed by atoms with van der Waals surface area (Å²) in [4.78, 5) is 3.60. The molecule has 0 unspecified atom stereocenters. The van der Waals surface area contributed by atoms with Crippen LogP contribution in [0.2, 0.25) is 0 Å². The third-order valence-corrected chi connectivity index (χ3v) is 2.30. The SMILES string of the molecule is O=S(=O)(CCO)Nc1nccnn1. The number of anilines is 1. The summed E-state index contributed by atoms with van der Waals surface area (Å²) in [5.74, 6) is -0.485. The van der Waals surface area contributed by atoms with Gasteiger partial charge in [0, 0.05) is 0 Å². The van der Waals surface area contributed by atoms with E-state index in [1.54, 1.807) is 0 Å². The summed E-state index contributed by atoms with van der Waals surface area (Å²) in [6.45, 7) is -0.449. The number of rotatable bonds is 4. The summed E-state index contributed by atoms with van der Waals surface area (Å²) in [6, 6.07) is 0. The molecule has 8 heteroatoms. The van der Waals surface area contributed by atoms with Gasteiger partial charge in [0.15, 0.2) is 0 Å². The van der Waals surface area contributed by atoms with Crippen molar-refractivity contribution in [2.75, 3.05) is 17.1 Å². The van der Waals surface area contributed by atoms with Gasteiger partial charge in [0.25, 0.3) is 5.95 Å². The number of aliphatic hydroxyl groups excluding tert-OH is 1. The first kappa shape index (κ1) is 9.81. The van der Waals surface area contributed by atoms with Gasteiger partial charge in [-0.25, -0.2) is 18.1 Å². The highest BCUT2D eigenvalue weighted by molar-refractivity contribution is 7.92. The van der Waals surface area contributed by atoms with Crippen LogP contribution in [0.3, 0.4) is 0 Å². The van der Waals surface area contributed by atoms with Crippen molar-refractivity contribution in [3.05, 3.63) is 12.4 Å². The summed E-state index contributed by atoms with van der Waals surface area (Å²) < 4.78 is 24.1. The molecule has 0 amide bonds. The third kappa shape index (κ3) is 3.30. The molecular weight excluding hydrogens is 196 g/mol. The smallest absolute Gasteiger partial charge is 0.256 e. The van der Waals surface area contributed by atoms with Gasteiger partial charge in [-0.1, -0.05) is 0 Å². The molecule has 1 rings (SSSR count). The molecule has 0 bridgehead atoms. The Morgan fingerprint density at radius 3 is 2.77 bits per heavy atom. The number of hydrogen-bond acceptors (Lipinski definition) is 6. The molecule has 1 aromatic heterocycles. The van der Waals surface area contributed by atoms with Gasteiger partial charge < -0.3 is 5.11 Å². The molecule has 13 heavy (non-hydrogen) atoms. The van der Waals surface area contributed by atoms with Crippen LogP contribution in [0, 0.1) is 0 Å². The molecule has 72 valence electrons. The van der Waals surface area contributed by atoms with E-state index in [-0.39, 0.29) is 11.7 Å². The maximum atomic E-state index is 11.0. The minimum atomic E-state index is -3.55. The van der Waals surface area contributed by atoms with Gasteiger partial charge in [-0.3, -0.25) is 0 Å². The van der Waals surface area contributed by atoms with Gasteiger partial charge in [0.1, 0.15) is 0 Å². The predicted octanol–water partition coefficient (Wildman–Crippen LogP) is -1.39. The molecular formula is C5H8N4O3S. The van der Waals surface area contributed by atoms with Crippen LogP contribution in [0.1, 0.15) is 0 Å². The van der Waals surface area contributed by atoms with Crippen LogP contribution in [-0.2, 0) is 10.0 Å². The lowest BCUT2D eigenvalue weighted by Gasteiger charge is -2.02. The lowest BCUT2D eigenvalue weighted by atomic mass is 10.9. The van der Waals surface area contributed by atoms with E-state index in [2.05, 4.69) is 15.2 Å². The number of nitrogens with one attached hydrogen (secondary N) is 1. The van der Waals surface area contributed by atoms with Gasteiger partial charge in [-0.2, -0.15) is 5.10 Å². The molecule has 0 spiro atoms. The van der Waals surface area contributed by atoms with E-state index in [1.807, 2.05) is 4.72 Å². The van der Waals surface area contributed by atoms with Crippen LogP contribution in [0.4, 0.5) is 5.95 Å². The maximum Gasteiger partial charge on any atom is 0.256 e. The van der Waals surface area contributed by atoms with E-state index in [1.165, 1.54) is 12.4 Å². The van der Waals surface area contributed by atoms with Crippen LogP contribution in [-0.4, -0.2) is 41.1 Å². The second kappa shape index (κ2) is 4.10. The molecule has 0 radical (unpaired) electrons. The van der Waals surface area contributed by atoms with Crippen molar-refractivity contribution < 1.29 is 13.5 Å². The quantitative estimate of drug-likeness (QED) is 0.625. The molecule has 0 fully saturated rings. The zero-order valence-electron chi connectivity index (χ0n) is 6.58. The summed E-state index contributed by atoms with van der Waals surface area (Å²) >= 11 is 0. The standard InChI is InChI=1S/C5H8N4O3S/c10-3-4-13(11,12)9-5-6-1-2-7-8-5/h1-2,10H,3-4H2,(H,6,8,9). The first-order valence-corrected chi connectivity index (χ1v) is 5.04. The first-order chi connectivity index (χ1) is 6.14. The van der Waals surface area contributed by atoms with Gasteiger partial charge >= 0.3 is 0 Å². The van der Waals surface area contributed by atoms with Crippen molar-refractivity contribution in [2.45, 2.75) is 0 Å². The second-order valence-corrected chi connectivity index (χ2v) is 3.95. The van der Waals surface area contributed by atoms with Crippen LogP contribution >= 0.6 is 0 Å². The number of nitrogens with zero attached hydrogens (tertiary/aromatic N) is 3. The molecule has 1 heterocycles. The largest absolute Gasteiger partial charge is 0.395 e. The highest BCUT2D eigenvalue weighted by Crippen LogP contribution is 1.97. The van der Waals surface area contributed by atoms with Crippen molar-refractivity contribution in [1.29, 1.82) is 0 Å². The van der Waals surface area contributed by atoms with Gasteiger partial charge in [0.05, 0.1) is 24.8 Å². The Labute approximate surface area is 74.9 Å². The van der Waals surface area contributed by atoms with Crippen molar-refractivity contribution in [3.8, 4) is 0 Å². The zero-order valence-corrected chi connectivity index (χ0v) is 7.40. The summed E-state index contributed by atoms with van der Waals surface area (Å²) in [5.41, 5.74) is 0. The zero-order chi connectivity index (χ0) is 9.73. The highest BCUT2D eigenvalue weighted by atomic mass is 32.2. The average Bonchev–Trinajstić information content (AvgIpc) is 2.04. The fourth-order valence-corrected chi connectivity index (χ4v) is 1.32. The normalized spacial score (nSPS) is 11.2. The Morgan fingerprint density at radius 2 is 2.23 bits per heavy atom. The molecule has 0 aliphatic rings. The number of aromatic nitrogens is 3. The Kier molecular flexibility index (Phi) is 3.09. The Hall–Kier alpha value is -1.28. The topological polar surface area (TPSA) is 105 Å². The Bertz CT molecular complexity index is 351. The Morgan fingerprint density at radius 1 is 1.46 bits per heavy atom. The van der Waals surface area contributed by atoms with Crippen molar-refractivity contribution >= 4 is 16.0 Å². The molecule has 0 saturated heterocycles. The molecule has 0 aliphatic heterocycles. The molecule has 7 nitrogen and oxygen atoms in total. The molecule has 0 aromatic carbocycles. The molecule has 0 atom stereocenters. The van der Waals surface area contributed by atoms with E-state index in [0.29, 0.717) is 0 Å². The number of hydrogen-bond donors (Lipinski definition) is 2. The van der Waals surface area contributed by atoms with Gasteiger partial charge in [-0.15, -0.1) is 5.10 Å². The van der Waals surface area contributed by atoms with Crippen molar-refractivity contribution in [3.63, 3.8) is 0 Å². The maximum absolute atomic E-state index is 11.0. The molecule has 0 saturated carbocycles. The fraction of sp³-hybridized carbons (Fsp3) is 0.400. The number of aliphatic hydroxyl groups is 1. The van der Waals surface area contributed by atoms with Crippen LogP contribution in [0.25, 0.3) is 0 Å². The van der Waals surface area contributed by atoms with Crippen molar-refractivity contribution in [1.82, 2.24) is 15.2 Å². The summed E-state index contributed by atoms with van der Waals surface area (Å²) in [7, 11) is -3.55. The first-order valence-electron chi connectivity index (χ1n) is 3.39. The highest BCUT2D eigenvalue weighted by Gasteiger charge is 2.10. The fourth-order valence-electron chi connectivity index (χ4n) is 0.605. The molecule has 2 N–H and O–H groups in total. The second-order valence-electron chi connectivity index (χ2n) is 2.11. The van der Waals surface area contributed by atoms with Crippen LogP contribution in [0.15, 0.2) is 12.4 Å². The minimum Gasteiger partial charge on any atom is -0.395 e. The van der Waals surface area contributed by atoms with Gasteiger partial charge in [0.2, 0.25) is 10.0 Å². The van der Waals surface area contributed by atoms with Crippen LogP contribution < -0.4 is 4.72 Å². The lowest BCUT2D eigenvalue weighted by molar-refractivity contribution is 0.320. The van der Waals surface area contributed by atoms with E-state index in [9.17, 15) is 8.42 Å². The molecule has 1 aromatic rings. The monoisotopic (exact) mass is 204 g/mol. The Balaban J connectivity index is 2.70. The summed E-state index contributed by atoms with van der Waals surface area (Å²) in [6.07, 6.45) is 2.63. The third-order valence-electron chi connectivity index (χ3n) is 1.09. The lowest BCUT2D eigenvalue weighted by Crippen LogP contribution is -2.20. The van der Waals surface area contributed by atoms with E-state index >= 15 is 0 Å². The average molecular weight is 204 g/mol. The van der Waals surface area contributed by atoms with E-state index in [4.69, 9.17) is 5.11 Å². The van der Waals surface area contributed by atoms with Gasteiger partial charge in [-0.05, 0) is 0 Å². The van der Waals surface area contributed by atoms with E-state index in [0.717, 1.165) is 0 Å². The minimum absolute atomic E-state index is 0.101. The molecule has 0 aliphatic carbocycles. The summed E-state index contributed by atoms with van der Waals surface area (Å²) in [5, 5.41) is 15.2. The predicted molar refractivity (Wildman–Crippen MR) is 44.3 cm³/mol. The number of sulfonamides is 1. The van der Waals surface area contributed by atoms with E-state index < -0.39 is 16.6 Å².